The van der Waals surface area contributed by atoms with Crippen molar-refractivity contribution in [2.24, 2.45) is 0 Å². The minimum absolute atomic E-state index is 0.349. The summed E-state index contributed by atoms with van der Waals surface area (Å²) in [7, 11) is 4.22. The van der Waals surface area contributed by atoms with Gasteiger partial charge in [0.05, 0.1) is 0 Å². The van der Waals surface area contributed by atoms with Crippen LogP contribution < -0.4 is 0 Å². The highest BCUT2D eigenvalue weighted by molar-refractivity contribution is 5.79. The van der Waals surface area contributed by atoms with Crippen molar-refractivity contribution in [3.63, 3.8) is 0 Å². The molecule has 0 aromatic rings. The van der Waals surface area contributed by atoms with E-state index in [4.69, 9.17) is 6.42 Å². The number of piperazine rings is 1. The highest BCUT2D eigenvalue weighted by Gasteiger charge is 2.23. The normalized spacial score (nSPS) is 22.9. The number of Topliss-reactive ketones (excluding diaryl/α,β-unsaturated/α-hetero) is 1. The van der Waals surface area contributed by atoms with Gasteiger partial charge in [0.25, 0.3) is 0 Å². The summed E-state index contributed by atoms with van der Waals surface area (Å²) in [6, 6.07) is 0.386. The molecule has 0 saturated carbocycles. The first kappa shape index (κ1) is 13.2. The SMILES string of the molecule is C#CCCCC(=O)CC1CN(C)CCN1C. The highest BCUT2D eigenvalue weighted by Crippen LogP contribution is 2.11. The van der Waals surface area contributed by atoms with Crippen molar-refractivity contribution < 1.29 is 4.79 Å². The molecule has 0 spiro atoms. The molecule has 1 aliphatic heterocycles. The van der Waals surface area contributed by atoms with Crippen LogP contribution in [0.1, 0.15) is 25.7 Å². The molecule has 0 aromatic heterocycles. The zero-order chi connectivity index (χ0) is 12.0. The maximum absolute atomic E-state index is 11.7. The van der Waals surface area contributed by atoms with Gasteiger partial charge < -0.3 is 9.80 Å². The monoisotopic (exact) mass is 222 g/mol. The van der Waals surface area contributed by atoms with Gasteiger partial charge in [0.2, 0.25) is 0 Å². The predicted molar refractivity (Wildman–Crippen MR) is 66.2 cm³/mol. The van der Waals surface area contributed by atoms with Crippen molar-refractivity contribution in [1.29, 1.82) is 0 Å². The van der Waals surface area contributed by atoms with Crippen molar-refractivity contribution >= 4 is 5.78 Å². The Labute approximate surface area is 98.8 Å². The lowest BCUT2D eigenvalue weighted by Gasteiger charge is -2.37. The Morgan fingerprint density at radius 1 is 1.44 bits per heavy atom. The van der Waals surface area contributed by atoms with Gasteiger partial charge in [0.1, 0.15) is 5.78 Å². The minimum atomic E-state index is 0.349. The van der Waals surface area contributed by atoms with E-state index in [0.29, 0.717) is 31.1 Å². The zero-order valence-electron chi connectivity index (χ0n) is 10.4. The molecule has 1 aliphatic rings. The molecule has 3 heteroatoms. The fraction of sp³-hybridized carbons (Fsp3) is 0.769. The van der Waals surface area contributed by atoms with Crippen LogP contribution in [0.5, 0.6) is 0 Å². The first-order chi connectivity index (χ1) is 7.63. The smallest absolute Gasteiger partial charge is 0.134 e. The molecule has 0 aromatic carbocycles. The van der Waals surface area contributed by atoms with Gasteiger partial charge in [-0.05, 0) is 20.5 Å². The lowest BCUT2D eigenvalue weighted by Crippen LogP contribution is -2.50. The highest BCUT2D eigenvalue weighted by atomic mass is 16.1. The Kier molecular flexibility index (Phi) is 5.51. The van der Waals surface area contributed by atoms with Crippen LogP contribution in [0.2, 0.25) is 0 Å². The van der Waals surface area contributed by atoms with E-state index in [1.54, 1.807) is 0 Å². The average Bonchev–Trinajstić information content (AvgIpc) is 2.24. The summed E-state index contributed by atoms with van der Waals surface area (Å²) in [5.41, 5.74) is 0. The van der Waals surface area contributed by atoms with Crippen LogP contribution in [-0.2, 0) is 4.79 Å². The molecule has 0 bridgehead atoms. The van der Waals surface area contributed by atoms with Crippen molar-refractivity contribution in [3.8, 4) is 12.3 Å². The van der Waals surface area contributed by atoms with Crippen molar-refractivity contribution in [2.75, 3.05) is 33.7 Å². The van der Waals surface area contributed by atoms with Crippen LogP contribution >= 0.6 is 0 Å². The second kappa shape index (κ2) is 6.67. The molecule has 0 aliphatic carbocycles. The zero-order valence-corrected chi connectivity index (χ0v) is 10.4. The number of carbonyl (C=O) groups excluding carboxylic acids is 1. The molecular formula is C13H22N2O. The fourth-order valence-corrected chi connectivity index (χ4v) is 2.07. The van der Waals surface area contributed by atoms with Gasteiger partial charge in [-0.15, -0.1) is 12.3 Å². The van der Waals surface area contributed by atoms with Crippen LogP contribution in [0.4, 0.5) is 0 Å². The number of rotatable bonds is 5. The first-order valence-corrected chi connectivity index (χ1v) is 5.97. The van der Waals surface area contributed by atoms with E-state index in [1.165, 1.54) is 0 Å². The molecule has 1 saturated heterocycles. The van der Waals surface area contributed by atoms with Crippen molar-refractivity contribution in [2.45, 2.75) is 31.7 Å². The number of terminal acetylenes is 1. The van der Waals surface area contributed by atoms with E-state index < -0.39 is 0 Å². The van der Waals surface area contributed by atoms with Crippen LogP contribution in [0.25, 0.3) is 0 Å². The standard InChI is InChI=1S/C13H22N2O/c1-4-5-6-7-13(16)10-12-11-14(2)8-9-15(12)3/h1,12H,5-11H2,2-3H3. The molecule has 0 radical (unpaired) electrons. The van der Waals surface area contributed by atoms with Crippen molar-refractivity contribution in [3.05, 3.63) is 0 Å². The summed E-state index contributed by atoms with van der Waals surface area (Å²) in [6.45, 7) is 3.15. The van der Waals surface area contributed by atoms with Gasteiger partial charge in [0.15, 0.2) is 0 Å². The summed E-state index contributed by atoms with van der Waals surface area (Å²) >= 11 is 0. The number of nitrogens with zero attached hydrogens (tertiary/aromatic N) is 2. The summed E-state index contributed by atoms with van der Waals surface area (Å²) in [6.07, 6.45) is 8.02. The lowest BCUT2D eigenvalue weighted by molar-refractivity contribution is -0.120. The quantitative estimate of drug-likeness (QED) is 0.512. The molecule has 1 fully saturated rings. The maximum atomic E-state index is 11.7. The number of hydrogen-bond acceptors (Lipinski definition) is 3. The average molecular weight is 222 g/mol. The molecule has 1 heterocycles. The second-order valence-corrected chi connectivity index (χ2v) is 4.70. The largest absolute Gasteiger partial charge is 0.304 e. The van der Waals surface area contributed by atoms with Crippen LogP contribution in [-0.4, -0.2) is 55.4 Å². The Bertz CT molecular complexity index is 270. The van der Waals surface area contributed by atoms with E-state index >= 15 is 0 Å². The summed E-state index contributed by atoms with van der Waals surface area (Å²) in [5, 5.41) is 0. The van der Waals surface area contributed by atoms with Crippen LogP contribution in [0.15, 0.2) is 0 Å². The Balaban J connectivity index is 2.29. The second-order valence-electron chi connectivity index (χ2n) is 4.70. The molecule has 0 amide bonds. The van der Waals surface area contributed by atoms with Gasteiger partial charge in [-0.2, -0.15) is 0 Å². The van der Waals surface area contributed by atoms with E-state index in [1.807, 2.05) is 0 Å². The van der Waals surface area contributed by atoms with Gasteiger partial charge in [-0.1, -0.05) is 0 Å². The number of carbonyl (C=O) groups is 1. The molecule has 16 heavy (non-hydrogen) atoms. The molecular weight excluding hydrogens is 200 g/mol. The summed E-state index contributed by atoms with van der Waals surface area (Å²) < 4.78 is 0. The van der Waals surface area contributed by atoms with Gasteiger partial charge in [0, 0.05) is 44.9 Å². The lowest BCUT2D eigenvalue weighted by atomic mass is 10.0. The fourth-order valence-electron chi connectivity index (χ4n) is 2.07. The molecule has 0 N–H and O–H groups in total. The van der Waals surface area contributed by atoms with E-state index in [2.05, 4.69) is 29.8 Å². The maximum Gasteiger partial charge on any atom is 0.134 e. The Morgan fingerprint density at radius 3 is 2.88 bits per heavy atom. The molecule has 1 rings (SSSR count). The summed E-state index contributed by atoms with van der Waals surface area (Å²) in [4.78, 5) is 16.3. The number of ketones is 1. The number of unbranched alkanes of at least 4 members (excludes halogenated alkanes) is 1. The minimum Gasteiger partial charge on any atom is -0.304 e. The van der Waals surface area contributed by atoms with Crippen LogP contribution in [0.3, 0.4) is 0 Å². The number of hydrogen-bond donors (Lipinski definition) is 0. The van der Waals surface area contributed by atoms with E-state index in [-0.39, 0.29) is 0 Å². The van der Waals surface area contributed by atoms with Gasteiger partial charge in [-0.3, -0.25) is 4.79 Å². The summed E-state index contributed by atoms with van der Waals surface area (Å²) in [5.74, 6) is 2.92. The van der Waals surface area contributed by atoms with Crippen molar-refractivity contribution in [1.82, 2.24) is 9.80 Å². The topological polar surface area (TPSA) is 23.6 Å². The van der Waals surface area contributed by atoms with E-state index in [9.17, 15) is 4.79 Å². The first-order valence-electron chi connectivity index (χ1n) is 5.97. The Morgan fingerprint density at radius 2 is 2.19 bits per heavy atom. The molecule has 90 valence electrons. The molecule has 1 unspecified atom stereocenters. The van der Waals surface area contributed by atoms with Gasteiger partial charge in [-0.25, -0.2) is 0 Å². The van der Waals surface area contributed by atoms with Crippen LogP contribution in [0, 0.1) is 12.3 Å². The molecule has 3 nitrogen and oxygen atoms in total. The number of likely N-dealkylation sites (N-methyl/N-ethyl adjacent to an activating group) is 2. The third-order valence-corrected chi connectivity index (χ3v) is 3.22. The molecule has 1 atom stereocenters. The third-order valence-electron chi connectivity index (χ3n) is 3.22. The predicted octanol–water partition coefficient (Wildman–Crippen LogP) is 0.995. The van der Waals surface area contributed by atoms with E-state index in [0.717, 1.165) is 26.1 Å². The Hall–Kier alpha value is -0.850. The van der Waals surface area contributed by atoms with Gasteiger partial charge >= 0.3 is 0 Å². The third kappa shape index (κ3) is 4.34.